The fraction of sp³-hybridized carbons (Fsp3) is 0.312. The molecule has 2 N–H and O–H groups in total. The van der Waals surface area contributed by atoms with Crippen molar-refractivity contribution in [3.8, 4) is 5.75 Å². The summed E-state index contributed by atoms with van der Waals surface area (Å²) in [4.78, 5) is 30.3. The molecule has 7 nitrogen and oxygen atoms in total. The van der Waals surface area contributed by atoms with Crippen LogP contribution in [0.3, 0.4) is 0 Å². The number of carbonyl (C=O) groups excluding carboxylic acids is 1. The standard InChI is InChI=1S/C16H19N3O4S/c1-3-23-13-6-4-11(5-7-13)17-15(21)10-24-16-18-12(9-22-2)8-14(20)19-16/h4-8H,3,9-10H2,1-2H3,(H,17,21)(H,18,19,20). The number of anilines is 1. The Labute approximate surface area is 143 Å². The number of aromatic amines is 1. The van der Waals surface area contributed by atoms with Crippen LogP contribution in [-0.4, -0.2) is 35.3 Å². The van der Waals surface area contributed by atoms with Gasteiger partial charge in [-0.15, -0.1) is 0 Å². The largest absolute Gasteiger partial charge is 0.494 e. The van der Waals surface area contributed by atoms with Crippen LogP contribution in [0.25, 0.3) is 0 Å². The lowest BCUT2D eigenvalue weighted by atomic mass is 10.3. The molecule has 0 spiro atoms. The third kappa shape index (κ3) is 5.71. The summed E-state index contributed by atoms with van der Waals surface area (Å²) in [6, 6.07) is 8.49. The number of nitrogens with one attached hydrogen (secondary N) is 2. The molecule has 0 bridgehead atoms. The molecule has 8 heteroatoms. The fourth-order valence-corrected chi connectivity index (χ4v) is 2.60. The van der Waals surface area contributed by atoms with E-state index in [0.29, 0.717) is 23.1 Å². The van der Waals surface area contributed by atoms with Gasteiger partial charge in [0.05, 0.1) is 24.7 Å². The van der Waals surface area contributed by atoms with Gasteiger partial charge < -0.3 is 19.8 Å². The number of carbonyl (C=O) groups is 1. The zero-order chi connectivity index (χ0) is 17.4. The second-order valence-corrected chi connectivity index (χ2v) is 5.73. The van der Waals surface area contributed by atoms with Crippen LogP contribution in [0.2, 0.25) is 0 Å². The highest BCUT2D eigenvalue weighted by Gasteiger charge is 2.07. The molecule has 128 valence electrons. The topological polar surface area (TPSA) is 93.3 Å². The molecule has 0 saturated carbocycles. The van der Waals surface area contributed by atoms with Gasteiger partial charge >= 0.3 is 0 Å². The third-order valence-corrected chi connectivity index (χ3v) is 3.73. The van der Waals surface area contributed by atoms with Crippen molar-refractivity contribution in [2.24, 2.45) is 0 Å². The number of ether oxygens (including phenoxy) is 2. The predicted molar refractivity (Wildman–Crippen MR) is 92.5 cm³/mol. The first kappa shape index (κ1) is 18.0. The number of rotatable bonds is 8. The first-order chi connectivity index (χ1) is 11.6. The number of hydrogen-bond acceptors (Lipinski definition) is 6. The maximum absolute atomic E-state index is 12.0. The maximum atomic E-state index is 12.0. The zero-order valence-corrected chi connectivity index (χ0v) is 14.3. The number of aromatic nitrogens is 2. The van der Waals surface area contributed by atoms with Crippen molar-refractivity contribution in [2.45, 2.75) is 18.7 Å². The van der Waals surface area contributed by atoms with Gasteiger partial charge in [0.15, 0.2) is 5.16 Å². The van der Waals surface area contributed by atoms with Gasteiger partial charge in [0.25, 0.3) is 5.56 Å². The van der Waals surface area contributed by atoms with Crippen molar-refractivity contribution in [3.63, 3.8) is 0 Å². The van der Waals surface area contributed by atoms with Gasteiger partial charge in [-0.2, -0.15) is 0 Å². The number of nitrogens with zero attached hydrogens (tertiary/aromatic N) is 1. The molecule has 0 aliphatic carbocycles. The number of methoxy groups -OCH3 is 1. The molecule has 1 aromatic heterocycles. The average molecular weight is 349 g/mol. The number of thioether (sulfide) groups is 1. The monoisotopic (exact) mass is 349 g/mol. The van der Waals surface area contributed by atoms with Crippen LogP contribution in [0.1, 0.15) is 12.6 Å². The lowest BCUT2D eigenvalue weighted by Gasteiger charge is -2.07. The SMILES string of the molecule is CCOc1ccc(NC(=O)CSc2nc(COC)cc(=O)[nH]2)cc1. The van der Waals surface area contributed by atoms with Gasteiger partial charge in [-0.3, -0.25) is 9.59 Å². The number of hydrogen-bond donors (Lipinski definition) is 2. The summed E-state index contributed by atoms with van der Waals surface area (Å²) >= 11 is 1.15. The van der Waals surface area contributed by atoms with Gasteiger partial charge in [-0.25, -0.2) is 4.98 Å². The van der Waals surface area contributed by atoms with Gasteiger partial charge in [-0.05, 0) is 31.2 Å². The Balaban J connectivity index is 1.89. The van der Waals surface area contributed by atoms with Gasteiger partial charge in [0.1, 0.15) is 5.75 Å². The third-order valence-electron chi connectivity index (χ3n) is 2.85. The Kier molecular flexibility index (Phi) is 6.83. The van der Waals surface area contributed by atoms with E-state index in [-0.39, 0.29) is 23.8 Å². The lowest BCUT2D eigenvalue weighted by molar-refractivity contribution is -0.113. The summed E-state index contributed by atoms with van der Waals surface area (Å²) in [5.74, 6) is 0.692. The molecular weight excluding hydrogens is 330 g/mol. The Morgan fingerprint density at radius 3 is 2.75 bits per heavy atom. The van der Waals surface area contributed by atoms with Crippen LogP contribution in [0.4, 0.5) is 5.69 Å². The summed E-state index contributed by atoms with van der Waals surface area (Å²) in [7, 11) is 1.53. The van der Waals surface area contributed by atoms with Crippen molar-refractivity contribution >= 4 is 23.4 Å². The second kappa shape index (κ2) is 9.09. The van der Waals surface area contributed by atoms with Gasteiger partial charge in [-0.1, -0.05) is 11.8 Å². The molecule has 2 rings (SSSR count). The molecule has 0 saturated heterocycles. The number of amides is 1. The van der Waals surface area contributed by atoms with E-state index in [1.807, 2.05) is 6.92 Å². The van der Waals surface area contributed by atoms with Crippen LogP contribution in [-0.2, 0) is 16.1 Å². The van der Waals surface area contributed by atoms with Crippen molar-refractivity contribution < 1.29 is 14.3 Å². The number of benzene rings is 1. The summed E-state index contributed by atoms with van der Waals surface area (Å²) in [6.07, 6.45) is 0. The molecular formula is C16H19N3O4S. The van der Waals surface area contributed by atoms with Crippen LogP contribution < -0.4 is 15.6 Å². The molecule has 0 unspecified atom stereocenters. The van der Waals surface area contributed by atoms with Crippen molar-refractivity contribution in [2.75, 3.05) is 24.8 Å². The molecule has 0 aliphatic heterocycles. The Bertz CT molecular complexity index is 731. The molecule has 0 atom stereocenters. The van der Waals surface area contributed by atoms with Crippen LogP contribution in [0, 0.1) is 0 Å². The minimum atomic E-state index is -0.272. The maximum Gasteiger partial charge on any atom is 0.251 e. The Morgan fingerprint density at radius 1 is 1.33 bits per heavy atom. The van der Waals surface area contributed by atoms with Crippen LogP contribution in [0.15, 0.2) is 40.3 Å². The molecule has 1 heterocycles. The summed E-state index contributed by atoms with van der Waals surface area (Å²) in [5, 5.41) is 3.16. The smallest absolute Gasteiger partial charge is 0.251 e. The lowest BCUT2D eigenvalue weighted by Crippen LogP contribution is -2.16. The highest BCUT2D eigenvalue weighted by molar-refractivity contribution is 7.99. The molecule has 0 aliphatic rings. The Hall–Kier alpha value is -2.32. The van der Waals surface area contributed by atoms with Crippen molar-refractivity contribution in [1.29, 1.82) is 0 Å². The quantitative estimate of drug-likeness (QED) is 0.560. The second-order valence-electron chi connectivity index (χ2n) is 4.77. The van der Waals surface area contributed by atoms with E-state index in [1.165, 1.54) is 13.2 Å². The van der Waals surface area contributed by atoms with E-state index in [0.717, 1.165) is 17.5 Å². The number of H-pyrrole nitrogens is 1. The molecule has 0 fully saturated rings. The molecule has 1 amide bonds. The molecule has 2 aromatic rings. The molecule has 24 heavy (non-hydrogen) atoms. The summed E-state index contributed by atoms with van der Waals surface area (Å²) in [5.41, 5.74) is 0.931. The predicted octanol–water partition coefficient (Wildman–Crippen LogP) is 2.05. The fourth-order valence-electron chi connectivity index (χ4n) is 1.91. The van der Waals surface area contributed by atoms with E-state index >= 15 is 0 Å². The van der Waals surface area contributed by atoms with E-state index < -0.39 is 0 Å². The van der Waals surface area contributed by atoms with Crippen molar-refractivity contribution in [1.82, 2.24) is 9.97 Å². The minimum Gasteiger partial charge on any atom is -0.494 e. The first-order valence-corrected chi connectivity index (χ1v) is 8.34. The van der Waals surface area contributed by atoms with E-state index in [1.54, 1.807) is 24.3 Å². The normalized spacial score (nSPS) is 10.4. The van der Waals surface area contributed by atoms with Gasteiger partial charge in [0, 0.05) is 18.9 Å². The van der Waals surface area contributed by atoms with E-state index in [4.69, 9.17) is 9.47 Å². The van der Waals surface area contributed by atoms with E-state index in [2.05, 4.69) is 15.3 Å². The van der Waals surface area contributed by atoms with Crippen LogP contribution >= 0.6 is 11.8 Å². The highest BCUT2D eigenvalue weighted by Crippen LogP contribution is 2.17. The van der Waals surface area contributed by atoms with E-state index in [9.17, 15) is 9.59 Å². The van der Waals surface area contributed by atoms with Crippen molar-refractivity contribution in [3.05, 3.63) is 46.4 Å². The summed E-state index contributed by atoms with van der Waals surface area (Å²) in [6.45, 7) is 2.75. The Morgan fingerprint density at radius 2 is 2.08 bits per heavy atom. The summed E-state index contributed by atoms with van der Waals surface area (Å²) < 4.78 is 10.3. The first-order valence-electron chi connectivity index (χ1n) is 7.35. The molecule has 0 radical (unpaired) electrons. The zero-order valence-electron chi connectivity index (χ0n) is 13.5. The molecule has 1 aromatic carbocycles. The average Bonchev–Trinajstić information content (AvgIpc) is 2.55. The minimum absolute atomic E-state index is 0.132. The van der Waals surface area contributed by atoms with Gasteiger partial charge in [0.2, 0.25) is 5.91 Å². The highest BCUT2D eigenvalue weighted by atomic mass is 32.2. The van der Waals surface area contributed by atoms with Crippen LogP contribution in [0.5, 0.6) is 5.75 Å².